The Morgan fingerprint density at radius 3 is 2.80 bits per heavy atom. The maximum absolute atomic E-state index is 13.4. The highest BCUT2D eigenvalue weighted by Gasteiger charge is 2.11. The Labute approximate surface area is 95.8 Å². The van der Waals surface area contributed by atoms with Crippen LogP contribution in [0, 0.1) is 11.6 Å². The van der Waals surface area contributed by atoms with Crippen LogP contribution >= 0.6 is 15.9 Å². The van der Waals surface area contributed by atoms with Crippen LogP contribution in [0.25, 0.3) is 0 Å². The van der Waals surface area contributed by atoms with Crippen molar-refractivity contribution in [3.8, 4) is 0 Å². The molecule has 0 heterocycles. The van der Waals surface area contributed by atoms with Crippen LogP contribution in [0.3, 0.4) is 0 Å². The summed E-state index contributed by atoms with van der Waals surface area (Å²) in [5, 5.41) is 2.89. The molecule has 0 aliphatic carbocycles. The molecule has 0 aliphatic rings. The monoisotopic (exact) mass is 279 g/mol. The van der Waals surface area contributed by atoms with E-state index in [1.807, 2.05) is 0 Å². The maximum atomic E-state index is 13.4. The number of benzene rings is 1. The van der Waals surface area contributed by atoms with Crippen molar-refractivity contribution in [2.24, 2.45) is 0 Å². The third-order valence-corrected chi connectivity index (χ3v) is 2.54. The molecule has 84 valence electrons. The fraction of sp³-hybridized carbons (Fsp3) is 0.400. The van der Waals surface area contributed by atoms with E-state index in [0.29, 0.717) is 13.2 Å². The molecule has 0 radical (unpaired) electrons. The van der Waals surface area contributed by atoms with Crippen LogP contribution in [-0.2, 0) is 11.3 Å². The predicted octanol–water partition coefficient (Wildman–Crippen LogP) is 2.46. The summed E-state index contributed by atoms with van der Waals surface area (Å²) < 4.78 is 31.7. The molecule has 15 heavy (non-hydrogen) atoms. The van der Waals surface area contributed by atoms with Gasteiger partial charge in [0.1, 0.15) is 11.6 Å². The van der Waals surface area contributed by atoms with Gasteiger partial charge in [-0.2, -0.15) is 0 Å². The normalized spacial score (nSPS) is 10.7. The van der Waals surface area contributed by atoms with E-state index in [0.717, 1.165) is 0 Å². The molecule has 0 aliphatic heterocycles. The Morgan fingerprint density at radius 1 is 1.40 bits per heavy atom. The fourth-order valence-electron chi connectivity index (χ4n) is 1.12. The molecule has 0 atom stereocenters. The van der Waals surface area contributed by atoms with Crippen LogP contribution in [0.5, 0.6) is 0 Å². The molecule has 0 aromatic heterocycles. The van der Waals surface area contributed by atoms with E-state index in [1.165, 1.54) is 12.1 Å². The molecule has 5 heteroatoms. The third kappa shape index (κ3) is 3.52. The van der Waals surface area contributed by atoms with Crippen molar-refractivity contribution in [2.45, 2.75) is 6.54 Å². The lowest BCUT2D eigenvalue weighted by molar-refractivity contribution is 0.199. The molecule has 2 nitrogen and oxygen atoms in total. The van der Waals surface area contributed by atoms with Gasteiger partial charge in [0.2, 0.25) is 0 Å². The summed E-state index contributed by atoms with van der Waals surface area (Å²) in [5.41, 5.74) is 0.0421. The summed E-state index contributed by atoms with van der Waals surface area (Å²) in [6, 6.07) is 2.59. The van der Waals surface area contributed by atoms with Crippen LogP contribution < -0.4 is 5.32 Å². The van der Waals surface area contributed by atoms with Gasteiger partial charge in [-0.25, -0.2) is 8.78 Å². The average Bonchev–Trinajstić information content (AvgIpc) is 2.23. The SMILES string of the molecule is COCCNCc1c(F)ccc(Br)c1F. The number of halogens is 3. The third-order valence-electron chi connectivity index (χ3n) is 1.92. The zero-order valence-corrected chi connectivity index (χ0v) is 9.90. The molecule has 0 saturated heterocycles. The second kappa shape index (κ2) is 6.15. The van der Waals surface area contributed by atoms with Crippen LogP contribution in [0.15, 0.2) is 16.6 Å². The van der Waals surface area contributed by atoms with Crippen molar-refractivity contribution < 1.29 is 13.5 Å². The second-order valence-corrected chi connectivity index (χ2v) is 3.85. The van der Waals surface area contributed by atoms with E-state index in [9.17, 15) is 8.78 Å². The molecular weight excluding hydrogens is 268 g/mol. The van der Waals surface area contributed by atoms with Gasteiger partial charge in [0.05, 0.1) is 11.1 Å². The van der Waals surface area contributed by atoms with Crippen LogP contribution in [0.2, 0.25) is 0 Å². The van der Waals surface area contributed by atoms with Gasteiger partial charge in [-0.3, -0.25) is 0 Å². The van der Waals surface area contributed by atoms with Crippen molar-refractivity contribution >= 4 is 15.9 Å². The summed E-state index contributed by atoms with van der Waals surface area (Å²) in [6.45, 7) is 1.22. The zero-order valence-electron chi connectivity index (χ0n) is 8.32. The van der Waals surface area contributed by atoms with E-state index < -0.39 is 11.6 Å². The first-order valence-corrected chi connectivity index (χ1v) is 5.28. The molecule has 0 spiro atoms. The number of rotatable bonds is 5. The van der Waals surface area contributed by atoms with Crippen molar-refractivity contribution in [1.29, 1.82) is 0 Å². The number of nitrogens with one attached hydrogen (secondary N) is 1. The number of ether oxygens (including phenoxy) is 1. The highest BCUT2D eigenvalue weighted by Crippen LogP contribution is 2.21. The Hall–Kier alpha value is -0.520. The molecule has 0 fully saturated rings. The van der Waals surface area contributed by atoms with Crippen molar-refractivity contribution in [2.75, 3.05) is 20.3 Å². The lowest BCUT2D eigenvalue weighted by atomic mass is 10.2. The standard InChI is InChI=1S/C10H12BrF2NO/c1-15-5-4-14-6-7-9(12)3-2-8(11)10(7)13/h2-3,14H,4-6H2,1H3. The predicted molar refractivity (Wildman–Crippen MR) is 57.6 cm³/mol. The first-order valence-electron chi connectivity index (χ1n) is 4.49. The van der Waals surface area contributed by atoms with Crippen LogP contribution in [0.1, 0.15) is 5.56 Å². The highest BCUT2D eigenvalue weighted by molar-refractivity contribution is 9.10. The summed E-state index contributed by atoms with van der Waals surface area (Å²) in [4.78, 5) is 0. The van der Waals surface area contributed by atoms with Gasteiger partial charge in [0.15, 0.2) is 0 Å². The van der Waals surface area contributed by atoms with Crippen LogP contribution in [-0.4, -0.2) is 20.3 Å². The fourth-order valence-corrected chi connectivity index (χ4v) is 1.49. The first kappa shape index (κ1) is 12.5. The number of hydrogen-bond acceptors (Lipinski definition) is 2. The van der Waals surface area contributed by atoms with Crippen LogP contribution in [0.4, 0.5) is 8.78 Å². The summed E-state index contributed by atoms with van der Waals surface area (Å²) in [7, 11) is 1.57. The molecule has 0 bridgehead atoms. The smallest absolute Gasteiger partial charge is 0.144 e. The molecule has 1 rings (SSSR count). The van der Waals surface area contributed by atoms with E-state index >= 15 is 0 Å². The van der Waals surface area contributed by atoms with Gasteiger partial charge in [0, 0.05) is 25.8 Å². The largest absolute Gasteiger partial charge is 0.383 e. The van der Waals surface area contributed by atoms with Gasteiger partial charge in [-0.1, -0.05) is 0 Å². The van der Waals surface area contributed by atoms with Gasteiger partial charge in [-0.15, -0.1) is 0 Å². The molecule has 0 amide bonds. The summed E-state index contributed by atoms with van der Waals surface area (Å²) in [5.74, 6) is -1.10. The van der Waals surface area contributed by atoms with Crippen molar-refractivity contribution in [1.82, 2.24) is 5.32 Å². The van der Waals surface area contributed by atoms with Gasteiger partial charge in [0.25, 0.3) is 0 Å². The van der Waals surface area contributed by atoms with Gasteiger partial charge >= 0.3 is 0 Å². The Kier molecular flexibility index (Phi) is 5.14. The number of methoxy groups -OCH3 is 1. The van der Waals surface area contributed by atoms with Crippen molar-refractivity contribution in [3.63, 3.8) is 0 Å². The van der Waals surface area contributed by atoms with E-state index in [2.05, 4.69) is 21.2 Å². The Bertz CT molecular complexity index is 333. The minimum absolute atomic E-state index is 0.0421. The topological polar surface area (TPSA) is 21.3 Å². The molecule has 1 aromatic carbocycles. The Morgan fingerprint density at radius 2 is 2.13 bits per heavy atom. The highest BCUT2D eigenvalue weighted by atomic mass is 79.9. The van der Waals surface area contributed by atoms with E-state index in [4.69, 9.17) is 4.74 Å². The molecule has 0 unspecified atom stereocenters. The van der Waals surface area contributed by atoms with Gasteiger partial charge < -0.3 is 10.1 Å². The lowest BCUT2D eigenvalue weighted by Gasteiger charge is -2.07. The molecule has 1 aromatic rings. The lowest BCUT2D eigenvalue weighted by Crippen LogP contribution is -2.20. The quantitative estimate of drug-likeness (QED) is 0.661. The minimum atomic E-state index is -0.556. The summed E-state index contributed by atoms with van der Waals surface area (Å²) in [6.07, 6.45) is 0. The second-order valence-electron chi connectivity index (χ2n) is 2.99. The van der Waals surface area contributed by atoms with Gasteiger partial charge in [-0.05, 0) is 28.1 Å². The minimum Gasteiger partial charge on any atom is -0.383 e. The summed E-state index contributed by atoms with van der Waals surface area (Å²) >= 11 is 3.01. The molecular formula is C10H12BrF2NO. The zero-order chi connectivity index (χ0) is 11.3. The molecule has 0 saturated carbocycles. The van der Waals surface area contributed by atoms with E-state index in [1.54, 1.807) is 7.11 Å². The first-order chi connectivity index (χ1) is 7.16. The Balaban J connectivity index is 2.63. The van der Waals surface area contributed by atoms with E-state index in [-0.39, 0.29) is 16.6 Å². The average molecular weight is 280 g/mol. The van der Waals surface area contributed by atoms with Crippen molar-refractivity contribution in [3.05, 3.63) is 33.8 Å². The number of hydrogen-bond donors (Lipinski definition) is 1. The molecule has 1 N–H and O–H groups in total. The maximum Gasteiger partial charge on any atom is 0.144 e.